The molecule has 0 bridgehead atoms. The Bertz CT molecular complexity index is 382. The van der Waals surface area contributed by atoms with Gasteiger partial charge in [-0.3, -0.25) is 0 Å². The highest BCUT2D eigenvalue weighted by atomic mass is 16.3. The summed E-state index contributed by atoms with van der Waals surface area (Å²) in [5.41, 5.74) is 6.13. The van der Waals surface area contributed by atoms with Crippen LogP contribution in [0.1, 0.15) is 33.5 Å². The van der Waals surface area contributed by atoms with Crippen molar-refractivity contribution in [2.24, 2.45) is 11.7 Å². The lowest BCUT2D eigenvalue weighted by atomic mass is 9.97. The second kappa shape index (κ2) is 3.59. The van der Waals surface area contributed by atoms with Crippen molar-refractivity contribution in [1.29, 1.82) is 0 Å². The van der Waals surface area contributed by atoms with Crippen molar-refractivity contribution < 1.29 is 13.3 Å². The average Bonchev–Trinajstić information content (AvgIpc) is 2.13. The molecule has 0 radical (unpaired) electrons. The Balaban J connectivity index is 3.11. The SMILES string of the molecule is [2H]C([2H])([2H])C([C@H](N)c1ccc(O)cc1)C([2H])([2H])[2H]. The minimum absolute atomic E-state index is 0.00488. The van der Waals surface area contributed by atoms with E-state index in [2.05, 4.69) is 0 Å². The van der Waals surface area contributed by atoms with E-state index in [1.165, 1.54) is 24.3 Å². The van der Waals surface area contributed by atoms with Gasteiger partial charge < -0.3 is 10.8 Å². The summed E-state index contributed by atoms with van der Waals surface area (Å²) >= 11 is 0. The van der Waals surface area contributed by atoms with Crippen molar-refractivity contribution in [3.8, 4) is 5.75 Å². The molecular formula is C10H15NO. The molecule has 66 valence electrons. The van der Waals surface area contributed by atoms with Gasteiger partial charge in [-0.15, -0.1) is 0 Å². The van der Waals surface area contributed by atoms with Crippen LogP contribution >= 0.6 is 0 Å². The van der Waals surface area contributed by atoms with Crippen LogP contribution < -0.4 is 5.73 Å². The van der Waals surface area contributed by atoms with Crippen LogP contribution in [0.25, 0.3) is 0 Å². The molecule has 0 aromatic heterocycles. The predicted octanol–water partition coefficient (Wildman–Crippen LogP) is 2.05. The number of hydrogen-bond donors (Lipinski definition) is 2. The van der Waals surface area contributed by atoms with E-state index in [-0.39, 0.29) is 5.75 Å². The zero-order chi connectivity index (χ0) is 14.1. The van der Waals surface area contributed by atoms with Gasteiger partial charge in [0.2, 0.25) is 0 Å². The number of phenolic OH excluding ortho intramolecular Hbond substituents is 1. The van der Waals surface area contributed by atoms with E-state index in [0.29, 0.717) is 5.56 Å². The average molecular weight is 171 g/mol. The van der Waals surface area contributed by atoms with Crippen LogP contribution in [0.15, 0.2) is 24.3 Å². The third-order valence-corrected chi connectivity index (χ3v) is 1.64. The van der Waals surface area contributed by atoms with Gasteiger partial charge in [0.15, 0.2) is 0 Å². The summed E-state index contributed by atoms with van der Waals surface area (Å²) in [5, 5.41) is 9.13. The Morgan fingerprint density at radius 2 is 1.92 bits per heavy atom. The third-order valence-electron chi connectivity index (χ3n) is 1.64. The van der Waals surface area contributed by atoms with Gasteiger partial charge in [-0.05, 0) is 23.6 Å². The minimum Gasteiger partial charge on any atom is -0.508 e. The van der Waals surface area contributed by atoms with Crippen molar-refractivity contribution in [3.05, 3.63) is 29.8 Å². The molecule has 1 rings (SSSR count). The van der Waals surface area contributed by atoms with E-state index in [1.54, 1.807) is 0 Å². The maximum atomic E-state index is 9.13. The van der Waals surface area contributed by atoms with E-state index in [9.17, 15) is 0 Å². The van der Waals surface area contributed by atoms with Gasteiger partial charge in [-0.1, -0.05) is 25.8 Å². The molecule has 0 aliphatic rings. The highest BCUT2D eigenvalue weighted by molar-refractivity contribution is 5.27. The number of rotatable bonds is 2. The van der Waals surface area contributed by atoms with Crippen molar-refractivity contribution >= 4 is 0 Å². The highest BCUT2D eigenvalue weighted by Crippen LogP contribution is 2.20. The topological polar surface area (TPSA) is 46.2 Å². The summed E-state index contributed by atoms with van der Waals surface area (Å²) < 4.78 is 43.9. The first-order valence-electron chi connectivity index (χ1n) is 6.58. The Labute approximate surface area is 81.5 Å². The van der Waals surface area contributed by atoms with Crippen LogP contribution in [-0.4, -0.2) is 5.11 Å². The monoisotopic (exact) mass is 171 g/mol. The van der Waals surface area contributed by atoms with Crippen LogP contribution in [0.3, 0.4) is 0 Å². The highest BCUT2D eigenvalue weighted by Gasteiger charge is 2.09. The molecule has 0 amide bonds. The van der Waals surface area contributed by atoms with E-state index < -0.39 is 25.7 Å². The Morgan fingerprint density at radius 1 is 1.33 bits per heavy atom. The fourth-order valence-electron chi connectivity index (χ4n) is 0.889. The fraction of sp³-hybridized carbons (Fsp3) is 0.400. The third kappa shape index (κ3) is 1.98. The van der Waals surface area contributed by atoms with Gasteiger partial charge in [-0.2, -0.15) is 0 Å². The van der Waals surface area contributed by atoms with Crippen molar-refractivity contribution in [2.45, 2.75) is 19.7 Å². The molecule has 0 saturated heterocycles. The number of benzene rings is 1. The fourth-order valence-corrected chi connectivity index (χ4v) is 0.889. The van der Waals surface area contributed by atoms with Crippen molar-refractivity contribution in [3.63, 3.8) is 0 Å². The smallest absolute Gasteiger partial charge is 0.115 e. The normalized spacial score (nSPS) is 22.8. The van der Waals surface area contributed by atoms with E-state index >= 15 is 0 Å². The molecular weight excluding hydrogens is 150 g/mol. The molecule has 3 N–H and O–H groups in total. The first-order chi connectivity index (χ1) is 8.03. The quantitative estimate of drug-likeness (QED) is 0.715. The molecule has 0 heterocycles. The van der Waals surface area contributed by atoms with Gasteiger partial charge >= 0.3 is 0 Å². The maximum absolute atomic E-state index is 9.13. The number of aromatic hydroxyl groups is 1. The Morgan fingerprint density at radius 3 is 2.42 bits per heavy atom. The Kier molecular flexibility index (Phi) is 1.13. The molecule has 0 saturated carbocycles. The summed E-state index contributed by atoms with van der Waals surface area (Å²) in [5.74, 6) is -1.64. The summed E-state index contributed by atoms with van der Waals surface area (Å²) in [7, 11) is 0. The van der Waals surface area contributed by atoms with Gasteiger partial charge in [0.25, 0.3) is 0 Å². The zero-order valence-corrected chi connectivity index (χ0v) is 6.49. The molecule has 1 aromatic carbocycles. The second-order valence-electron chi connectivity index (χ2n) is 2.59. The van der Waals surface area contributed by atoms with Crippen molar-refractivity contribution in [1.82, 2.24) is 0 Å². The second-order valence-corrected chi connectivity index (χ2v) is 2.59. The minimum atomic E-state index is -2.68. The van der Waals surface area contributed by atoms with Crippen LogP contribution in [0.4, 0.5) is 0 Å². The summed E-state index contributed by atoms with van der Waals surface area (Å²) in [6, 6.07) is 4.37. The van der Waals surface area contributed by atoms with E-state index in [4.69, 9.17) is 19.1 Å². The lowest BCUT2D eigenvalue weighted by molar-refractivity contribution is 0.473. The first-order valence-corrected chi connectivity index (χ1v) is 3.58. The van der Waals surface area contributed by atoms with Gasteiger partial charge in [0.1, 0.15) is 5.75 Å². The van der Waals surface area contributed by atoms with Crippen LogP contribution in [-0.2, 0) is 0 Å². The standard InChI is InChI=1S/C10H15NO/c1-7(2)10(11)8-3-5-9(12)6-4-8/h3-7,10,12H,11H2,1-2H3/t10-/m0/s1/i1D3,2D3. The molecule has 2 heteroatoms. The molecule has 2 nitrogen and oxygen atoms in total. The molecule has 12 heavy (non-hydrogen) atoms. The largest absolute Gasteiger partial charge is 0.508 e. The molecule has 0 aliphatic heterocycles. The number of hydrogen-bond acceptors (Lipinski definition) is 2. The predicted molar refractivity (Wildman–Crippen MR) is 49.9 cm³/mol. The van der Waals surface area contributed by atoms with E-state index in [1.807, 2.05) is 0 Å². The lowest BCUT2D eigenvalue weighted by Gasteiger charge is -2.15. The molecule has 0 spiro atoms. The van der Waals surface area contributed by atoms with Crippen LogP contribution in [0, 0.1) is 5.92 Å². The van der Waals surface area contributed by atoms with Gasteiger partial charge in [0, 0.05) is 14.3 Å². The molecule has 0 fully saturated rings. The van der Waals surface area contributed by atoms with E-state index in [0.717, 1.165) is 0 Å². The Hall–Kier alpha value is -1.02. The van der Waals surface area contributed by atoms with Crippen LogP contribution in [0.2, 0.25) is 0 Å². The molecule has 1 aromatic rings. The number of nitrogens with two attached hydrogens (primary N) is 1. The van der Waals surface area contributed by atoms with Crippen LogP contribution in [0.5, 0.6) is 5.75 Å². The summed E-state index contributed by atoms with van der Waals surface area (Å²) in [6.07, 6.45) is 0. The molecule has 1 atom stereocenters. The first kappa shape index (κ1) is 3.79. The van der Waals surface area contributed by atoms with Crippen molar-refractivity contribution in [2.75, 3.05) is 0 Å². The summed E-state index contributed by atoms with van der Waals surface area (Å²) in [4.78, 5) is 0. The lowest BCUT2D eigenvalue weighted by Crippen LogP contribution is -2.16. The number of phenols is 1. The zero-order valence-electron chi connectivity index (χ0n) is 12.5. The summed E-state index contributed by atoms with van der Waals surface area (Å²) in [6.45, 7) is -5.36. The van der Waals surface area contributed by atoms with Gasteiger partial charge in [0.05, 0.1) is 0 Å². The molecule has 0 unspecified atom stereocenters. The molecule has 0 aliphatic carbocycles. The maximum Gasteiger partial charge on any atom is 0.115 e. The van der Waals surface area contributed by atoms with Gasteiger partial charge in [-0.25, -0.2) is 0 Å².